The molecule has 5 nitrogen and oxygen atoms in total. The molecular formula is C19H18FN3O2. The molecule has 2 amide bonds. The van der Waals surface area contributed by atoms with Gasteiger partial charge in [-0.05, 0) is 30.3 Å². The summed E-state index contributed by atoms with van der Waals surface area (Å²) in [5.41, 5.74) is 0.423. The maximum Gasteiger partial charge on any atom is 0.321 e. The molecule has 1 N–H and O–H groups in total. The third-order valence-corrected chi connectivity index (χ3v) is 4.12. The van der Waals surface area contributed by atoms with Crippen LogP contribution < -0.4 is 10.1 Å². The number of hydrogen-bond acceptors (Lipinski definition) is 3. The van der Waals surface area contributed by atoms with Gasteiger partial charge in [0, 0.05) is 25.9 Å². The van der Waals surface area contributed by atoms with Crippen molar-refractivity contribution in [3.63, 3.8) is 0 Å². The highest BCUT2D eigenvalue weighted by atomic mass is 19.1. The second-order valence-corrected chi connectivity index (χ2v) is 5.85. The first-order valence-corrected chi connectivity index (χ1v) is 8.13. The van der Waals surface area contributed by atoms with Crippen molar-refractivity contribution < 1.29 is 13.9 Å². The van der Waals surface area contributed by atoms with Crippen molar-refractivity contribution in [2.24, 2.45) is 0 Å². The van der Waals surface area contributed by atoms with Crippen LogP contribution in [-0.4, -0.2) is 30.1 Å². The van der Waals surface area contributed by atoms with E-state index in [-0.39, 0.29) is 17.7 Å². The van der Waals surface area contributed by atoms with Crippen LogP contribution in [0, 0.1) is 17.1 Å². The van der Waals surface area contributed by atoms with Crippen LogP contribution in [0.4, 0.5) is 14.9 Å². The van der Waals surface area contributed by atoms with Gasteiger partial charge in [0.1, 0.15) is 23.7 Å². The minimum absolute atomic E-state index is 0.0759. The van der Waals surface area contributed by atoms with Gasteiger partial charge in [0.25, 0.3) is 0 Å². The summed E-state index contributed by atoms with van der Waals surface area (Å²) in [7, 11) is 0. The molecule has 1 fully saturated rings. The normalized spacial score (nSPS) is 14.6. The van der Waals surface area contributed by atoms with Crippen molar-refractivity contribution in [1.29, 1.82) is 5.26 Å². The first-order valence-electron chi connectivity index (χ1n) is 8.13. The summed E-state index contributed by atoms with van der Waals surface area (Å²) in [5, 5.41) is 11.7. The third-order valence-electron chi connectivity index (χ3n) is 4.12. The molecular weight excluding hydrogens is 321 g/mol. The number of nitrogens with one attached hydrogen (secondary N) is 1. The van der Waals surface area contributed by atoms with Gasteiger partial charge in [-0.2, -0.15) is 5.26 Å². The van der Waals surface area contributed by atoms with Crippen LogP contribution >= 0.6 is 0 Å². The Balaban J connectivity index is 1.54. The smallest absolute Gasteiger partial charge is 0.321 e. The molecule has 6 heteroatoms. The molecule has 0 aliphatic carbocycles. The first-order chi connectivity index (χ1) is 12.2. The van der Waals surface area contributed by atoms with Gasteiger partial charge in [-0.15, -0.1) is 0 Å². The SMILES string of the molecule is N#Cc1cc(F)ccc1NC(=O)N1CCC(Oc2ccccc2)CC1. The van der Waals surface area contributed by atoms with E-state index < -0.39 is 5.82 Å². The van der Waals surface area contributed by atoms with Gasteiger partial charge in [-0.25, -0.2) is 9.18 Å². The van der Waals surface area contributed by atoms with Crippen LogP contribution in [0.25, 0.3) is 0 Å². The third kappa shape index (κ3) is 4.27. The zero-order valence-corrected chi connectivity index (χ0v) is 13.6. The zero-order chi connectivity index (χ0) is 17.6. The minimum atomic E-state index is -0.506. The number of likely N-dealkylation sites (tertiary alicyclic amines) is 1. The monoisotopic (exact) mass is 339 g/mol. The molecule has 25 heavy (non-hydrogen) atoms. The lowest BCUT2D eigenvalue weighted by Crippen LogP contribution is -2.43. The highest BCUT2D eigenvalue weighted by Gasteiger charge is 2.24. The topological polar surface area (TPSA) is 65.4 Å². The van der Waals surface area contributed by atoms with E-state index in [4.69, 9.17) is 10.00 Å². The minimum Gasteiger partial charge on any atom is -0.490 e. The van der Waals surface area contributed by atoms with E-state index in [9.17, 15) is 9.18 Å². The van der Waals surface area contributed by atoms with Crippen LogP contribution in [-0.2, 0) is 0 Å². The van der Waals surface area contributed by atoms with Crippen molar-refractivity contribution >= 4 is 11.7 Å². The number of urea groups is 1. The maximum atomic E-state index is 13.2. The molecule has 1 saturated heterocycles. The Hall–Kier alpha value is -3.07. The van der Waals surface area contributed by atoms with E-state index in [0.717, 1.165) is 24.7 Å². The Morgan fingerprint density at radius 3 is 2.60 bits per heavy atom. The summed E-state index contributed by atoms with van der Waals surface area (Å²) >= 11 is 0. The highest BCUT2D eigenvalue weighted by Crippen LogP contribution is 2.20. The van der Waals surface area contributed by atoms with Crippen molar-refractivity contribution in [1.82, 2.24) is 4.90 Å². The molecule has 0 unspecified atom stereocenters. The second-order valence-electron chi connectivity index (χ2n) is 5.85. The molecule has 0 bridgehead atoms. The number of anilines is 1. The Bertz CT molecular complexity index is 781. The van der Waals surface area contributed by atoms with Crippen LogP contribution in [0.3, 0.4) is 0 Å². The molecule has 128 valence electrons. The first kappa shape index (κ1) is 16.8. The summed E-state index contributed by atoms with van der Waals surface area (Å²) in [6.45, 7) is 1.12. The van der Waals surface area contributed by atoms with Gasteiger partial charge >= 0.3 is 6.03 Å². The van der Waals surface area contributed by atoms with Crippen LogP contribution in [0.15, 0.2) is 48.5 Å². The fourth-order valence-electron chi connectivity index (χ4n) is 2.78. The van der Waals surface area contributed by atoms with Crippen LogP contribution in [0.1, 0.15) is 18.4 Å². The van der Waals surface area contributed by atoms with Gasteiger partial charge in [0.05, 0.1) is 11.3 Å². The number of piperidine rings is 1. The van der Waals surface area contributed by atoms with E-state index in [0.29, 0.717) is 18.8 Å². The Kier molecular flexibility index (Phi) is 5.14. The molecule has 0 radical (unpaired) electrons. The fourth-order valence-corrected chi connectivity index (χ4v) is 2.78. The number of ether oxygens (including phenoxy) is 1. The predicted octanol–water partition coefficient (Wildman–Crippen LogP) is 3.77. The van der Waals surface area contributed by atoms with E-state index in [1.165, 1.54) is 12.1 Å². The molecule has 2 aromatic rings. The van der Waals surface area contributed by atoms with Crippen molar-refractivity contribution in [3.05, 3.63) is 59.9 Å². The lowest BCUT2D eigenvalue weighted by Gasteiger charge is -2.32. The van der Waals surface area contributed by atoms with Gasteiger partial charge in [0.2, 0.25) is 0 Å². The fraction of sp³-hybridized carbons (Fsp3) is 0.263. The van der Waals surface area contributed by atoms with Crippen LogP contribution in [0.2, 0.25) is 0 Å². The van der Waals surface area contributed by atoms with E-state index >= 15 is 0 Å². The Morgan fingerprint density at radius 1 is 1.20 bits per heavy atom. The number of benzene rings is 2. The van der Waals surface area contributed by atoms with Crippen molar-refractivity contribution in [2.45, 2.75) is 18.9 Å². The summed E-state index contributed by atoms with van der Waals surface area (Å²) in [4.78, 5) is 14.0. The number of para-hydroxylation sites is 1. The quantitative estimate of drug-likeness (QED) is 0.926. The standard InChI is InChI=1S/C19H18FN3O2/c20-15-6-7-18(14(12-15)13-21)22-19(24)23-10-8-17(9-11-23)25-16-4-2-1-3-5-16/h1-7,12,17H,8-11H2,(H,22,24). The van der Waals surface area contributed by atoms with Crippen molar-refractivity contribution in [3.8, 4) is 11.8 Å². The second kappa shape index (κ2) is 7.67. The number of nitrogens with zero attached hydrogens (tertiary/aromatic N) is 2. The van der Waals surface area contributed by atoms with Crippen molar-refractivity contribution in [2.75, 3.05) is 18.4 Å². The zero-order valence-electron chi connectivity index (χ0n) is 13.6. The number of nitriles is 1. The molecule has 0 saturated carbocycles. The summed E-state index contributed by atoms with van der Waals surface area (Å²) in [6.07, 6.45) is 1.54. The highest BCUT2D eigenvalue weighted by molar-refractivity contribution is 5.90. The molecule has 3 rings (SSSR count). The Morgan fingerprint density at radius 2 is 1.92 bits per heavy atom. The summed E-state index contributed by atoms with van der Waals surface area (Å²) in [5.74, 6) is 0.323. The van der Waals surface area contributed by atoms with E-state index in [2.05, 4.69) is 5.32 Å². The van der Waals surface area contributed by atoms with Gasteiger partial charge in [-0.1, -0.05) is 18.2 Å². The average molecular weight is 339 g/mol. The average Bonchev–Trinajstić information content (AvgIpc) is 2.64. The predicted molar refractivity (Wildman–Crippen MR) is 91.8 cm³/mol. The molecule has 1 heterocycles. The van der Waals surface area contributed by atoms with Crippen LogP contribution in [0.5, 0.6) is 5.75 Å². The number of carbonyl (C=O) groups is 1. The number of amides is 2. The largest absolute Gasteiger partial charge is 0.490 e. The number of rotatable bonds is 3. The molecule has 2 aromatic carbocycles. The lowest BCUT2D eigenvalue weighted by atomic mass is 10.1. The van der Waals surface area contributed by atoms with Gasteiger partial charge in [-0.3, -0.25) is 0 Å². The summed E-state index contributed by atoms with van der Waals surface area (Å²) in [6, 6.07) is 14.9. The maximum absolute atomic E-state index is 13.2. The Labute approximate surface area is 145 Å². The van der Waals surface area contributed by atoms with Gasteiger partial charge in [0.15, 0.2) is 0 Å². The lowest BCUT2D eigenvalue weighted by molar-refractivity contribution is 0.115. The number of hydrogen-bond donors (Lipinski definition) is 1. The van der Waals surface area contributed by atoms with Gasteiger partial charge < -0.3 is 15.0 Å². The summed E-state index contributed by atoms with van der Waals surface area (Å²) < 4.78 is 19.1. The molecule has 1 aliphatic rings. The van der Waals surface area contributed by atoms with E-state index in [1.807, 2.05) is 36.4 Å². The molecule has 0 aromatic heterocycles. The molecule has 0 atom stereocenters. The number of carbonyl (C=O) groups excluding carboxylic acids is 1. The molecule has 1 aliphatic heterocycles. The van der Waals surface area contributed by atoms with E-state index in [1.54, 1.807) is 4.90 Å². The molecule has 0 spiro atoms. The number of halogens is 1.